The van der Waals surface area contributed by atoms with Crippen LogP contribution in [0.3, 0.4) is 0 Å². The van der Waals surface area contributed by atoms with Crippen LogP contribution in [0.1, 0.15) is 13.8 Å². The third-order valence-electron chi connectivity index (χ3n) is 4.88. The molecule has 0 unspecified atom stereocenters. The normalized spacial score (nSPS) is 33.3. The van der Waals surface area contributed by atoms with Crippen LogP contribution in [-0.2, 0) is 14.3 Å². The predicted octanol–water partition coefficient (Wildman–Crippen LogP) is 1.64. The van der Waals surface area contributed by atoms with Crippen LogP contribution in [0.2, 0.25) is 0 Å². The number of rotatable bonds is 2. The lowest BCUT2D eigenvalue weighted by molar-refractivity contribution is -0.384. The summed E-state index contributed by atoms with van der Waals surface area (Å²) in [4.78, 5) is 41.3. The second-order valence-electron chi connectivity index (χ2n) is 6.64. The molecule has 0 saturated carbocycles. The quantitative estimate of drug-likeness (QED) is 0.462. The number of anilines is 1. The molecule has 3 aliphatic rings. The molecule has 0 aromatic heterocycles. The Kier molecular flexibility index (Phi) is 3.17. The highest BCUT2D eigenvalue weighted by Gasteiger charge is 2.63. The molecule has 0 N–H and O–H groups in total. The van der Waals surface area contributed by atoms with Crippen molar-refractivity contribution in [2.24, 2.45) is 10.9 Å². The number of non-ortho nitro benzene ring substituents is 1. The number of carbonyl (C=O) groups excluding carboxylic acids is 2. The van der Waals surface area contributed by atoms with Crippen molar-refractivity contribution in [1.82, 2.24) is 0 Å². The summed E-state index contributed by atoms with van der Waals surface area (Å²) in [6.07, 6.45) is 2.68. The highest BCUT2D eigenvalue weighted by atomic mass is 16.6. The summed E-state index contributed by atoms with van der Waals surface area (Å²) < 4.78 is 5.93. The molecular weight excluding hydrogens is 326 g/mol. The van der Waals surface area contributed by atoms with E-state index in [0.29, 0.717) is 5.69 Å². The van der Waals surface area contributed by atoms with E-state index < -0.39 is 34.5 Å². The molecule has 0 aliphatic carbocycles. The fourth-order valence-electron chi connectivity index (χ4n) is 3.82. The summed E-state index contributed by atoms with van der Waals surface area (Å²) in [7, 11) is 0. The van der Waals surface area contributed by atoms with Gasteiger partial charge in [-0.25, -0.2) is 4.90 Å². The molecule has 0 bridgehead atoms. The van der Waals surface area contributed by atoms with E-state index in [2.05, 4.69) is 4.99 Å². The van der Waals surface area contributed by atoms with Gasteiger partial charge in [-0.3, -0.25) is 24.7 Å². The van der Waals surface area contributed by atoms with Gasteiger partial charge in [0.05, 0.1) is 22.6 Å². The van der Waals surface area contributed by atoms with Crippen molar-refractivity contribution in [2.75, 3.05) is 4.90 Å². The number of benzene rings is 1. The number of amides is 2. The maximum absolute atomic E-state index is 12.9. The summed E-state index contributed by atoms with van der Waals surface area (Å²) in [6, 6.07) is 4.85. The summed E-state index contributed by atoms with van der Waals surface area (Å²) >= 11 is 0. The standard InChI is InChI=1S/C17H15N3O5/c1-9-7-17(2)14(18-8-9)12-13(25-17)16(22)19(15(12)21)10-3-5-11(6-4-10)20(23)24/h3-8,12-14H,1-2H3/t12-,13-,14-,17-/m0/s1. The van der Waals surface area contributed by atoms with Crippen molar-refractivity contribution < 1.29 is 19.2 Å². The van der Waals surface area contributed by atoms with E-state index in [0.717, 1.165) is 10.5 Å². The van der Waals surface area contributed by atoms with Gasteiger partial charge in [-0.2, -0.15) is 0 Å². The average Bonchev–Trinajstić information content (AvgIpc) is 2.98. The first-order valence-corrected chi connectivity index (χ1v) is 7.84. The van der Waals surface area contributed by atoms with Crippen molar-refractivity contribution in [3.8, 4) is 0 Å². The van der Waals surface area contributed by atoms with Crippen LogP contribution >= 0.6 is 0 Å². The maximum Gasteiger partial charge on any atom is 0.269 e. The lowest BCUT2D eigenvalue weighted by Crippen LogP contribution is -2.43. The van der Waals surface area contributed by atoms with Crippen molar-refractivity contribution >= 4 is 29.4 Å². The van der Waals surface area contributed by atoms with Gasteiger partial charge in [0.2, 0.25) is 5.91 Å². The highest BCUT2D eigenvalue weighted by molar-refractivity contribution is 6.24. The van der Waals surface area contributed by atoms with Gasteiger partial charge in [0, 0.05) is 18.3 Å². The number of dihydropyridines is 1. The Balaban J connectivity index is 1.68. The minimum Gasteiger partial charge on any atom is -0.355 e. The first-order valence-electron chi connectivity index (χ1n) is 7.84. The highest BCUT2D eigenvalue weighted by Crippen LogP contribution is 2.46. The lowest BCUT2D eigenvalue weighted by atomic mass is 9.85. The van der Waals surface area contributed by atoms with Crippen molar-refractivity contribution in [1.29, 1.82) is 0 Å². The number of nitro groups is 1. The van der Waals surface area contributed by atoms with Crippen LogP contribution in [0.5, 0.6) is 0 Å². The molecule has 1 aromatic rings. The second kappa shape index (κ2) is 5.06. The number of hydrogen-bond acceptors (Lipinski definition) is 6. The topological polar surface area (TPSA) is 102 Å². The van der Waals surface area contributed by atoms with Gasteiger partial charge in [-0.1, -0.05) is 0 Å². The smallest absolute Gasteiger partial charge is 0.269 e. The number of hydrogen-bond donors (Lipinski definition) is 0. The van der Waals surface area contributed by atoms with Crippen LogP contribution in [-0.4, -0.2) is 40.7 Å². The SMILES string of the molecule is CC1=C[C@]2(C)O[C@@H]3C(=O)N(c4ccc([N+](=O)[O-])cc4)C(=O)[C@@H]3[C@@H]2N=C1. The number of aliphatic imine (C=N–C) groups is 1. The summed E-state index contributed by atoms with van der Waals surface area (Å²) in [5.41, 5.74) is 0.336. The van der Waals surface area contributed by atoms with E-state index in [1.807, 2.05) is 19.9 Å². The Labute approximate surface area is 142 Å². The van der Waals surface area contributed by atoms with Crippen LogP contribution in [0.4, 0.5) is 11.4 Å². The Hall–Kier alpha value is -2.87. The molecule has 2 fully saturated rings. The number of nitro benzene ring substituents is 1. The molecule has 2 saturated heterocycles. The summed E-state index contributed by atoms with van der Waals surface area (Å²) in [6.45, 7) is 3.71. The van der Waals surface area contributed by atoms with E-state index >= 15 is 0 Å². The van der Waals surface area contributed by atoms with Crippen molar-refractivity contribution in [3.63, 3.8) is 0 Å². The van der Waals surface area contributed by atoms with Crippen molar-refractivity contribution in [2.45, 2.75) is 31.6 Å². The molecule has 25 heavy (non-hydrogen) atoms. The fourth-order valence-corrected chi connectivity index (χ4v) is 3.82. The van der Waals surface area contributed by atoms with Gasteiger partial charge in [-0.15, -0.1) is 0 Å². The summed E-state index contributed by atoms with van der Waals surface area (Å²) in [5, 5.41) is 10.8. The van der Waals surface area contributed by atoms with E-state index in [9.17, 15) is 19.7 Å². The number of nitrogens with zero attached hydrogens (tertiary/aromatic N) is 3. The van der Waals surface area contributed by atoms with Crippen LogP contribution < -0.4 is 4.90 Å². The molecular formula is C17H15N3O5. The number of fused-ring (bicyclic) bond motifs is 3. The first kappa shape index (κ1) is 15.6. The largest absolute Gasteiger partial charge is 0.355 e. The number of allylic oxidation sites excluding steroid dienone is 1. The van der Waals surface area contributed by atoms with E-state index in [1.165, 1.54) is 24.3 Å². The van der Waals surface area contributed by atoms with Gasteiger partial charge in [0.1, 0.15) is 5.60 Å². The number of ether oxygens (including phenoxy) is 1. The van der Waals surface area contributed by atoms with Crippen LogP contribution in [0, 0.1) is 16.0 Å². The molecule has 3 heterocycles. The van der Waals surface area contributed by atoms with Gasteiger partial charge >= 0.3 is 0 Å². The molecule has 128 valence electrons. The maximum atomic E-state index is 12.9. The summed E-state index contributed by atoms with van der Waals surface area (Å²) in [5.74, 6) is -1.53. The van der Waals surface area contributed by atoms with Gasteiger partial charge in [0.15, 0.2) is 6.10 Å². The zero-order valence-corrected chi connectivity index (χ0v) is 13.6. The second-order valence-corrected chi connectivity index (χ2v) is 6.64. The molecule has 8 heteroatoms. The molecule has 1 aromatic carbocycles. The molecule has 2 amide bonds. The predicted molar refractivity (Wildman–Crippen MR) is 88.4 cm³/mol. The molecule has 0 radical (unpaired) electrons. The Morgan fingerprint density at radius 1 is 1.24 bits per heavy atom. The lowest BCUT2D eigenvalue weighted by Gasteiger charge is -2.30. The number of imide groups is 1. The Morgan fingerprint density at radius 3 is 2.56 bits per heavy atom. The minimum absolute atomic E-state index is 0.107. The van der Waals surface area contributed by atoms with E-state index in [-0.39, 0.29) is 11.6 Å². The van der Waals surface area contributed by atoms with Crippen LogP contribution in [0.25, 0.3) is 0 Å². The zero-order chi connectivity index (χ0) is 17.9. The molecule has 0 spiro atoms. The first-order chi connectivity index (χ1) is 11.8. The number of carbonyl (C=O) groups is 2. The van der Waals surface area contributed by atoms with Crippen LogP contribution in [0.15, 0.2) is 40.9 Å². The fraction of sp³-hybridized carbons (Fsp3) is 0.353. The van der Waals surface area contributed by atoms with Gasteiger partial charge < -0.3 is 4.74 Å². The zero-order valence-electron chi connectivity index (χ0n) is 13.6. The average molecular weight is 341 g/mol. The van der Waals surface area contributed by atoms with Gasteiger partial charge in [0.25, 0.3) is 11.6 Å². The third kappa shape index (κ3) is 2.14. The molecule has 4 atom stereocenters. The Morgan fingerprint density at radius 2 is 1.92 bits per heavy atom. The minimum atomic E-state index is -0.892. The molecule has 8 nitrogen and oxygen atoms in total. The van der Waals surface area contributed by atoms with Crippen molar-refractivity contribution in [3.05, 3.63) is 46.0 Å². The Bertz CT molecular complexity index is 860. The molecule has 4 rings (SSSR count). The van der Waals surface area contributed by atoms with E-state index in [4.69, 9.17) is 4.74 Å². The third-order valence-corrected chi connectivity index (χ3v) is 4.88. The van der Waals surface area contributed by atoms with Gasteiger partial charge in [-0.05, 0) is 37.6 Å². The molecule has 3 aliphatic heterocycles. The van der Waals surface area contributed by atoms with E-state index in [1.54, 1.807) is 6.21 Å². The monoisotopic (exact) mass is 341 g/mol.